The van der Waals surface area contributed by atoms with E-state index in [1.165, 1.54) is 32.1 Å². The third kappa shape index (κ3) is 11.1. The van der Waals surface area contributed by atoms with Crippen LogP contribution in [0.1, 0.15) is 52.9 Å². The lowest BCUT2D eigenvalue weighted by Gasteiger charge is -1.98. The predicted octanol–water partition coefficient (Wildman–Crippen LogP) is 5.28. The van der Waals surface area contributed by atoms with Crippen molar-refractivity contribution in [1.29, 1.82) is 0 Å². The van der Waals surface area contributed by atoms with Gasteiger partial charge in [-0.25, -0.2) is 0 Å². The quantitative estimate of drug-likeness (QED) is 0.374. The van der Waals surface area contributed by atoms with Gasteiger partial charge in [0.15, 0.2) is 0 Å². The Morgan fingerprint density at radius 2 is 1.40 bits per heavy atom. The molecule has 0 rings (SSSR count). The lowest BCUT2D eigenvalue weighted by Crippen LogP contribution is -1.83. The minimum absolute atomic E-state index is 0.740. The van der Waals surface area contributed by atoms with Crippen LogP contribution in [0.15, 0.2) is 36.5 Å². The molecule has 0 nitrogen and oxygen atoms in total. The van der Waals surface area contributed by atoms with Gasteiger partial charge in [0, 0.05) is 0 Å². The van der Waals surface area contributed by atoms with Gasteiger partial charge in [0.2, 0.25) is 0 Å². The van der Waals surface area contributed by atoms with E-state index >= 15 is 0 Å². The largest absolute Gasteiger partial charge is 0.0917 e. The summed E-state index contributed by atoms with van der Waals surface area (Å²) in [6.07, 6.45) is 19.5. The molecule has 0 bridgehead atoms. The molecule has 0 saturated heterocycles. The van der Waals surface area contributed by atoms with Crippen molar-refractivity contribution in [2.75, 3.05) is 0 Å². The Hall–Kier alpha value is -0.780. The lowest BCUT2D eigenvalue weighted by atomic mass is 10.1. The van der Waals surface area contributed by atoms with E-state index in [4.69, 9.17) is 0 Å². The van der Waals surface area contributed by atoms with Gasteiger partial charge in [0.25, 0.3) is 0 Å². The molecular formula is C15H26. The van der Waals surface area contributed by atoms with E-state index in [2.05, 4.69) is 57.2 Å². The molecule has 0 saturated carbocycles. The van der Waals surface area contributed by atoms with Gasteiger partial charge in [0.1, 0.15) is 0 Å². The summed E-state index contributed by atoms with van der Waals surface area (Å²) in [7, 11) is 0. The first kappa shape index (κ1) is 14.2. The van der Waals surface area contributed by atoms with Crippen molar-refractivity contribution < 1.29 is 0 Å². The molecule has 0 aliphatic rings. The van der Waals surface area contributed by atoms with Crippen LogP contribution in [-0.4, -0.2) is 0 Å². The molecule has 86 valence electrons. The maximum Gasteiger partial charge on any atom is -0.0265 e. The first-order valence-corrected chi connectivity index (χ1v) is 6.24. The molecule has 0 radical (unpaired) electrons. The Morgan fingerprint density at radius 1 is 0.867 bits per heavy atom. The molecule has 0 heteroatoms. The summed E-state index contributed by atoms with van der Waals surface area (Å²) < 4.78 is 0. The van der Waals surface area contributed by atoms with Crippen molar-refractivity contribution in [3.05, 3.63) is 36.5 Å². The minimum atomic E-state index is 0.740. The van der Waals surface area contributed by atoms with Gasteiger partial charge < -0.3 is 0 Å². The highest BCUT2D eigenvalue weighted by Gasteiger charge is 1.88. The second-order valence-corrected chi connectivity index (χ2v) is 4.01. The van der Waals surface area contributed by atoms with E-state index in [1.807, 2.05) is 0 Å². The van der Waals surface area contributed by atoms with Crippen molar-refractivity contribution >= 4 is 0 Å². The van der Waals surface area contributed by atoms with Crippen molar-refractivity contribution in [1.82, 2.24) is 0 Å². The third-order valence-corrected chi connectivity index (χ3v) is 2.51. The van der Waals surface area contributed by atoms with Gasteiger partial charge in [-0.2, -0.15) is 0 Å². The second-order valence-electron chi connectivity index (χ2n) is 4.01. The van der Waals surface area contributed by atoms with Crippen molar-refractivity contribution in [2.24, 2.45) is 5.92 Å². The smallest absolute Gasteiger partial charge is 0.0265 e. The van der Waals surface area contributed by atoms with Gasteiger partial charge in [-0.3, -0.25) is 0 Å². The van der Waals surface area contributed by atoms with E-state index in [0.717, 1.165) is 5.92 Å². The van der Waals surface area contributed by atoms with Crippen LogP contribution in [0, 0.1) is 5.92 Å². The summed E-state index contributed by atoms with van der Waals surface area (Å²) in [5, 5.41) is 0. The van der Waals surface area contributed by atoms with Crippen LogP contribution < -0.4 is 0 Å². The molecule has 15 heavy (non-hydrogen) atoms. The molecular weight excluding hydrogens is 180 g/mol. The molecule has 0 aromatic rings. The molecule has 0 amide bonds. The van der Waals surface area contributed by atoms with E-state index in [9.17, 15) is 0 Å². The summed E-state index contributed by atoms with van der Waals surface area (Å²) in [5.41, 5.74) is 0. The number of rotatable bonds is 8. The zero-order valence-corrected chi connectivity index (χ0v) is 10.6. The Balaban J connectivity index is 3.33. The van der Waals surface area contributed by atoms with Crippen LogP contribution >= 0.6 is 0 Å². The lowest BCUT2D eigenvalue weighted by molar-refractivity contribution is 0.695. The van der Waals surface area contributed by atoms with Crippen LogP contribution in [0.4, 0.5) is 0 Å². The standard InChI is InChI=1S/C15H26/c1-4-6-7-8-9-10-11-12-13-14-15(3)5-2/h4,6,9-10,13-15H,5,7-8,11-12H2,1-3H3. The monoisotopic (exact) mass is 206 g/mol. The average Bonchev–Trinajstić information content (AvgIpc) is 2.26. The zero-order valence-electron chi connectivity index (χ0n) is 10.6. The summed E-state index contributed by atoms with van der Waals surface area (Å²) in [6, 6.07) is 0. The first-order valence-electron chi connectivity index (χ1n) is 6.24. The molecule has 0 aliphatic heterocycles. The summed E-state index contributed by atoms with van der Waals surface area (Å²) in [4.78, 5) is 0. The molecule has 0 heterocycles. The molecule has 0 spiro atoms. The first-order chi connectivity index (χ1) is 7.31. The van der Waals surface area contributed by atoms with Crippen LogP contribution in [0.3, 0.4) is 0 Å². The maximum absolute atomic E-state index is 2.33. The topological polar surface area (TPSA) is 0 Å². The summed E-state index contributed by atoms with van der Waals surface area (Å²) >= 11 is 0. The average molecular weight is 206 g/mol. The molecule has 0 aliphatic carbocycles. The molecule has 0 fully saturated rings. The normalized spacial score (nSPS) is 14.6. The second kappa shape index (κ2) is 11.3. The van der Waals surface area contributed by atoms with Crippen LogP contribution in [-0.2, 0) is 0 Å². The Morgan fingerprint density at radius 3 is 1.93 bits per heavy atom. The van der Waals surface area contributed by atoms with E-state index in [0.29, 0.717) is 0 Å². The van der Waals surface area contributed by atoms with E-state index in [1.54, 1.807) is 0 Å². The van der Waals surface area contributed by atoms with E-state index < -0.39 is 0 Å². The van der Waals surface area contributed by atoms with Crippen molar-refractivity contribution in [3.8, 4) is 0 Å². The minimum Gasteiger partial charge on any atom is -0.0917 e. The predicted molar refractivity (Wildman–Crippen MR) is 71.0 cm³/mol. The fraction of sp³-hybridized carbons (Fsp3) is 0.600. The molecule has 1 atom stereocenters. The van der Waals surface area contributed by atoms with Gasteiger partial charge >= 0.3 is 0 Å². The van der Waals surface area contributed by atoms with Gasteiger partial charge in [-0.15, -0.1) is 0 Å². The van der Waals surface area contributed by atoms with Crippen LogP contribution in [0.5, 0.6) is 0 Å². The Labute approximate surface area is 95.8 Å². The summed E-state index contributed by atoms with van der Waals surface area (Å²) in [6.45, 7) is 6.57. The highest BCUT2D eigenvalue weighted by molar-refractivity contribution is 4.91. The molecule has 0 aromatic heterocycles. The Kier molecular flexibility index (Phi) is 10.7. The molecule has 0 N–H and O–H groups in total. The number of hydrogen-bond donors (Lipinski definition) is 0. The maximum atomic E-state index is 2.33. The van der Waals surface area contributed by atoms with Crippen molar-refractivity contribution in [2.45, 2.75) is 52.9 Å². The van der Waals surface area contributed by atoms with E-state index in [-0.39, 0.29) is 0 Å². The SMILES string of the molecule is CC=CCCC=CCCC=CC(C)CC. The molecule has 0 aromatic carbocycles. The van der Waals surface area contributed by atoms with Crippen molar-refractivity contribution in [3.63, 3.8) is 0 Å². The van der Waals surface area contributed by atoms with Crippen LogP contribution in [0.25, 0.3) is 0 Å². The highest BCUT2D eigenvalue weighted by atomic mass is 13.9. The Bertz CT molecular complexity index is 196. The number of allylic oxidation sites excluding steroid dienone is 6. The highest BCUT2D eigenvalue weighted by Crippen LogP contribution is 2.04. The fourth-order valence-electron chi connectivity index (χ4n) is 1.25. The molecule has 1 unspecified atom stereocenters. The number of unbranched alkanes of at least 4 members (excludes halogenated alkanes) is 2. The van der Waals surface area contributed by atoms with Gasteiger partial charge in [0.05, 0.1) is 0 Å². The fourth-order valence-corrected chi connectivity index (χ4v) is 1.25. The van der Waals surface area contributed by atoms with Crippen LogP contribution in [0.2, 0.25) is 0 Å². The zero-order chi connectivity index (χ0) is 11.4. The summed E-state index contributed by atoms with van der Waals surface area (Å²) in [5.74, 6) is 0.740. The van der Waals surface area contributed by atoms with Gasteiger partial charge in [-0.1, -0.05) is 56.7 Å². The third-order valence-electron chi connectivity index (χ3n) is 2.51. The number of hydrogen-bond acceptors (Lipinski definition) is 0. The van der Waals surface area contributed by atoms with Gasteiger partial charge in [-0.05, 0) is 38.5 Å².